The minimum atomic E-state index is -0.278. The van der Waals surface area contributed by atoms with Gasteiger partial charge in [0.15, 0.2) is 0 Å². The predicted octanol–water partition coefficient (Wildman–Crippen LogP) is 5.72. The fourth-order valence-corrected chi connectivity index (χ4v) is 3.30. The van der Waals surface area contributed by atoms with E-state index in [0.29, 0.717) is 6.61 Å². The van der Waals surface area contributed by atoms with Crippen molar-refractivity contribution in [2.45, 2.75) is 116 Å². The number of carbonyl (C=O) groups excluding carboxylic acids is 2. The van der Waals surface area contributed by atoms with E-state index in [1.165, 1.54) is 51.4 Å². The molecule has 0 N–H and O–H groups in total. The first-order chi connectivity index (χ1) is 12.2. The van der Waals surface area contributed by atoms with E-state index in [9.17, 15) is 9.59 Å². The summed E-state index contributed by atoms with van der Waals surface area (Å²) in [6, 6.07) is 0. The minimum absolute atomic E-state index is 0.0687. The van der Waals surface area contributed by atoms with Crippen molar-refractivity contribution >= 4 is 11.9 Å². The quantitative estimate of drug-likeness (QED) is 0.296. The zero-order valence-corrected chi connectivity index (χ0v) is 16.2. The van der Waals surface area contributed by atoms with Gasteiger partial charge in [-0.1, -0.05) is 64.7 Å². The van der Waals surface area contributed by atoms with Crippen molar-refractivity contribution in [2.24, 2.45) is 0 Å². The number of ether oxygens (including phenoxy) is 2. The Balaban J connectivity index is 1.87. The van der Waals surface area contributed by atoms with Gasteiger partial charge in [0.05, 0.1) is 19.4 Å². The Bertz CT molecular complexity index is 348. The normalized spacial score (nSPS) is 15.1. The Labute approximate surface area is 154 Å². The fourth-order valence-electron chi connectivity index (χ4n) is 3.30. The van der Waals surface area contributed by atoms with Gasteiger partial charge >= 0.3 is 11.9 Å². The lowest BCUT2D eigenvalue weighted by molar-refractivity contribution is -0.154. The number of hydrogen-bond acceptors (Lipinski definition) is 4. The summed E-state index contributed by atoms with van der Waals surface area (Å²) in [5, 5.41) is 0. The van der Waals surface area contributed by atoms with Gasteiger partial charge in [0.1, 0.15) is 6.10 Å². The highest BCUT2D eigenvalue weighted by molar-refractivity contribution is 5.77. The molecule has 1 fully saturated rings. The molecule has 0 amide bonds. The highest BCUT2D eigenvalue weighted by Crippen LogP contribution is 2.20. The van der Waals surface area contributed by atoms with Gasteiger partial charge in [-0.3, -0.25) is 9.59 Å². The van der Waals surface area contributed by atoms with Gasteiger partial charge in [0.25, 0.3) is 0 Å². The Morgan fingerprint density at radius 2 is 1.32 bits per heavy atom. The van der Waals surface area contributed by atoms with Crippen LogP contribution in [0.2, 0.25) is 0 Å². The van der Waals surface area contributed by atoms with E-state index < -0.39 is 0 Å². The average Bonchev–Trinajstić information content (AvgIpc) is 2.62. The van der Waals surface area contributed by atoms with Crippen LogP contribution in [-0.2, 0) is 19.1 Å². The van der Waals surface area contributed by atoms with E-state index in [-0.39, 0.29) is 30.9 Å². The van der Waals surface area contributed by atoms with Gasteiger partial charge in [-0.05, 0) is 32.1 Å². The summed E-state index contributed by atoms with van der Waals surface area (Å²) in [4.78, 5) is 23.4. The monoisotopic (exact) mass is 354 g/mol. The maximum atomic E-state index is 11.7. The molecule has 146 valence electrons. The smallest absolute Gasteiger partial charge is 0.306 e. The second-order valence-corrected chi connectivity index (χ2v) is 7.30. The zero-order valence-electron chi connectivity index (χ0n) is 16.2. The van der Waals surface area contributed by atoms with Crippen LogP contribution in [0.25, 0.3) is 0 Å². The number of unbranched alkanes of at least 4 members (excludes halogenated alkanes) is 8. The van der Waals surface area contributed by atoms with Crippen LogP contribution in [0, 0.1) is 0 Å². The van der Waals surface area contributed by atoms with Crippen molar-refractivity contribution in [3.8, 4) is 0 Å². The van der Waals surface area contributed by atoms with E-state index in [2.05, 4.69) is 6.92 Å². The average molecular weight is 355 g/mol. The molecule has 25 heavy (non-hydrogen) atoms. The van der Waals surface area contributed by atoms with Gasteiger partial charge in [0, 0.05) is 0 Å². The first-order valence-electron chi connectivity index (χ1n) is 10.6. The molecule has 0 aromatic rings. The third-order valence-corrected chi connectivity index (χ3v) is 4.89. The van der Waals surface area contributed by atoms with E-state index in [1.54, 1.807) is 0 Å². The topological polar surface area (TPSA) is 52.6 Å². The molecule has 1 saturated carbocycles. The SMILES string of the molecule is CCCCCCCCCCCOC(=O)CCC(=O)OC1CCCCC1. The number of esters is 2. The van der Waals surface area contributed by atoms with Crippen LogP contribution in [0.15, 0.2) is 0 Å². The van der Waals surface area contributed by atoms with E-state index >= 15 is 0 Å². The molecule has 0 heterocycles. The molecule has 1 aliphatic carbocycles. The third kappa shape index (κ3) is 12.9. The van der Waals surface area contributed by atoms with Crippen LogP contribution in [0.1, 0.15) is 110 Å². The lowest BCUT2D eigenvalue weighted by Crippen LogP contribution is -2.21. The summed E-state index contributed by atoms with van der Waals surface area (Å²) in [7, 11) is 0. The summed E-state index contributed by atoms with van der Waals surface area (Å²) in [6.07, 6.45) is 17.0. The number of hydrogen-bond donors (Lipinski definition) is 0. The molecule has 0 spiro atoms. The zero-order chi connectivity index (χ0) is 18.2. The molecule has 1 aliphatic rings. The van der Waals surface area contributed by atoms with E-state index in [1.807, 2.05) is 0 Å². The lowest BCUT2D eigenvalue weighted by Gasteiger charge is -2.21. The Hall–Kier alpha value is -1.06. The summed E-state index contributed by atoms with van der Waals surface area (Å²) >= 11 is 0. The first-order valence-corrected chi connectivity index (χ1v) is 10.6. The van der Waals surface area contributed by atoms with Gasteiger partial charge in [-0.2, -0.15) is 0 Å². The molecule has 0 bridgehead atoms. The third-order valence-electron chi connectivity index (χ3n) is 4.89. The maximum Gasteiger partial charge on any atom is 0.306 e. The van der Waals surface area contributed by atoms with Crippen molar-refractivity contribution < 1.29 is 19.1 Å². The Kier molecular flexibility index (Phi) is 13.4. The minimum Gasteiger partial charge on any atom is -0.466 e. The molecule has 0 radical (unpaired) electrons. The number of carbonyl (C=O) groups is 2. The molecule has 4 heteroatoms. The second-order valence-electron chi connectivity index (χ2n) is 7.30. The maximum absolute atomic E-state index is 11.7. The van der Waals surface area contributed by atoms with Crippen LogP contribution >= 0.6 is 0 Å². The van der Waals surface area contributed by atoms with Crippen LogP contribution in [0.4, 0.5) is 0 Å². The Morgan fingerprint density at radius 3 is 1.96 bits per heavy atom. The predicted molar refractivity (Wildman–Crippen MR) is 100 cm³/mol. The largest absolute Gasteiger partial charge is 0.466 e. The highest BCUT2D eigenvalue weighted by atomic mass is 16.5. The molecule has 0 aromatic heterocycles. The fraction of sp³-hybridized carbons (Fsp3) is 0.905. The van der Waals surface area contributed by atoms with Crippen LogP contribution in [0.5, 0.6) is 0 Å². The lowest BCUT2D eigenvalue weighted by atomic mass is 9.98. The highest BCUT2D eigenvalue weighted by Gasteiger charge is 2.18. The van der Waals surface area contributed by atoms with Gasteiger partial charge < -0.3 is 9.47 Å². The van der Waals surface area contributed by atoms with Crippen molar-refractivity contribution in [3.63, 3.8) is 0 Å². The van der Waals surface area contributed by atoms with Crippen molar-refractivity contribution in [1.82, 2.24) is 0 Å². The molecule has 1 rings (SSSR count). The molecule has 0 aliphatic heterocycles. The van der Waals surface area contributed by atoms with Gasteiger partial charge in [-0.15, -0.1) is 0 Å². The second kappa shape index (κ2) is 15.2. The molecule has 0 unspecified atom stereocenters. The molecular formula is C21H38O4. The molecule has 0 saturated heterocycles. The Morgan fingerprint density at radius 1 is 0.760 bits per heavy atom. The summed E-state index contributed by atoms with van der Waals surface area (Å²) in [5.74, 6) is -0.535. The van der Waals surface area contributed by atoms with Crippen LogP contribution in [0.3, 0.4) is 0 Å². The van der Waals surface area contributed by atoms with Crippen molar-refractivity contribution in [1.29, 1.82) is 0 Å². The van der Waals surface area contributed by atoms with Crippen molar-refractivity contribution in [3.05, 3.63) is 0 Å². The van der Waals surface area contributed by atoms with Gasteiger partial charge in [-0.25, -0.2) is 0 Å². The van der Waals surface area contributed by atoms with Crippen LogP contribution in [-0.4, -0.2) is 24.6 Å². The van der Waals surface area contributed by atoms with Gasteiger partial charge in [0.2, 0.25) is 0 Å². The molecule has 0 aromatic carbocycles. The van der Waals surface area contributed by atoms with Crippen molar-refractivity contribution in [2.75, 3.05) is 6.61 Å². The number of rotatable bonds is 14. The first kappa shape index (κ1) is 22.0. The van der Waals surface area contributed by atoms with Crippen LogP contribution < -0.4 is 0 Å². The summed E-state index contributed by atoms with van der Waals surface area (Å²) in [6.45, 7) is 2.72. The molecular weight excluding hydrogens is 316 g/mol. The molecule has 0 atom stereocenters. The summed E-state index contributed by atoms with van der Waals surface area (Å²) < 4.78 is 10.6. The van der Waals surface area contributed by atoms with E-state index in [0.717, 1.165) is 38.5 Å². The van der Waals surface area contributed by atoms with E-state index in [4.69, 9.17) is 9.47 Å². The summed E-state index contributed by atoms with van der Waals surface area (Å²) in [5.41, 5.74) is 0. The molecule has 4 nitrogen and oxygen atoms in total. The standard InChI is InChI=1S/C21H38O4/c1-2-3-4-5-6-7-8-9-13-18-24-20(22)16-17-21(23)25-19-14-11-10-12-15-19/h19H,2-18H2,1H3.